The third-order valence-electron chi connectivity index (χ3n) is 9.77. The third kappa shape index (κ3) is 5.87. The molecule has 1 saturated heterocycles. The number of ketones is 2. The molecule has 2 aliphatic carbocycles. The third-order valence-corrected chi connectivity index (χ3v) is 9.77. The number of amides is 1. The molecule has 0 saturated carbocycles. The van der Waals surface area contributed by atoms with Crippen molar-refractivity contribution in [3.8, 4) is 17.2 Å². The Morgan fingerprint density at radius 2 is 1.78 bits per heavy atom. The number of fused-ring (bicyclic) bond motifs is 3. The fourth-order valence-corrected chi connectivity index (χ4v) is 6.86. The number of carbonyl (C=O) groups excluding carboxylic acids is 3. The lowest BCUT2D eigenvalue weighted by Gasteiger charge is -2.42. The normalized spacial score (nSPS) is 26.4. The number of aliphatic hydroxyl groups is 2. The summed E-state index contributed by atoms with van der Waals surface area (Å²) in [6.07, 6.45) is -3.71. The molecule has 6 rings (SSSR count). The number of ether oxygens (including phenoxy) is 3. The van der Waals surface area contributed by atoms with Gasteiger partial charge in [-0.15, -0.1) is 0 Å². The van der Waals surface area contributed by atoms with Crippen molar-refractivity contribution in [1.82, 2.24) is 5.43 Å². The maximum Gasteiger partial charge on any atom is 0.271 e. The second kappa shape index (κ2) is 13.0. The topological polar surface area (TPSA) is 210 Å². The number of aliphatic hydroxyl groups excluding tert-OH is 1. The predicted molar refractivity (Wildman–Crippen MR) is 176 cm³/mol. The minimum atomic E-state index is -1.89. The van der Waals surface area contributed by atoms with Crippen LogP contribution >= 0.6 is 0 Å². The molecule has 0 aromatic heterocycles. The molecule has 3 aromatic carbocycles. The maximum atomic E-state index is 13.9. The molecule has 0 bridgehead atoms. The largest absolute Gasteiger partial charge is 0.507 e. The van der Waals surface area contributed by atoms with Crippen LogP contribution in [-0.4, -0.2) is 80.9 Å². The molecule has 3 aliphatic rings. The number of benzene rings is 3. The first-order valence-electron chi connectivity index (χ1n) is 16.1. The van der Waals surface area contributed by atoms with Gasteiger partial charge >= 0.3 is 0 Å². The van der Waals surface area contributed by atoms with Crippen LogP contribution in [0.4, 0.5) is 0 Å². The second-order valence-electron chi connectivity index (χ2n) is 12.8. The Bertz CT molecular complexity index is 1860. The minimum absolute atomic E-state index is 0.0186. The van der Waals surface area contributed by atoms with Crippen LogP contribution in [0.1, 0.15) is 98.6 Å². The Morgan fingerprint density at radius 1 is 1.08 bits per heavy atom. The van der Waals surface area contributed by atoms with Gasteiger partial charge in [0.05, 0.1) is 47.8 Å². The van der Waals surface area contributed by atoms with E-state index in [0.29, 0.717) is 5.56 Å². The zero-order chi connectivity index (χ0) is 35.4. The number of hydrogen-bond acceptors (Lipinski definition) is 12. The Hall–Kier alpha value is -4.66. The maximum absolute atomic E-state index is 13.9. The smallest absolute Gasteiger partial charge is 0.271 e. The molecule has 258 valence electrons. The van der Waals surface area contributed by atoms with Gasteiger partial charge in [-0.05, 0) is 44.0 Å². The molecule has 1 amide bonds. The molecule has 49 heavy (non-hydrogen) atoms. The summed E-state index contributed by atoms with van der Waals surface area (Å²) in [4.78, 5) is 40.7. The van der Waals surface area contributed by atoms with Crippen molar-refractivity contribution in [2.24, 2.45) is 10.8 Å². The van der Waals surface area contributed by atoms with Crippen LogP contribution in [0.15, 0.2) is 47.6 Å². The molecule has 13 heteroatoms. The zero-order valence-corrected chi connectivity index (χ0v) is 27.5. The van der Waals surface area contributed by atoms with Gasteiger partial charge in [0, 0.05) is 47.6 Å². The molecular formula is C36H39N3O10. The first-order chi connectivity index (χ1) is 23.3. The number of phenolic OH excluding ortho intramolecular Hbond substituents is 2. The highest BCUT2D eigenvalue weighted by Gasteiger charge is 2.49. The van der Waals surface area contributed by atoms with Crippen molar-refractivity contribution in [2.75, 3.05) is 7.11 Å². The van der Waals surface area contributed by atoms with Gasteiger partial charge in [0.25, 0.3) is 5.91 Å². The lowest BCUT2D eigenvalue weighted by atomic mass is 9.71. The summed E-state index contributed by atoms with van der Waals surface area (Å²) in [6.45, 7) is 5.11. The SMILES string of the molecule is CCc1ccc(C(=O)N/N=C(\C)[C@]2(O)Cc3c(O)c4c(c(O)c3[C@@H](OC3CC(N)C(O)C(C)O3)C2)C(=O)c2c(OC)cccc2C4=O)cc1. The molecule has 1 heterocycles. The number of carbonyl (C=O) groups is 3. The van der Waals surface area contributed by atoms with Gasteiger partial charge in [-0.3, -0.25) is 14.4 Å². The number of hydrazone groups is 1. The van der Waals surface area contributed by atoms with Crippen molar-refractivity contribution in [1.29, 1.82) is 0 Å². The number of phenols is 2. The van der Waals surface area contributed by atoms with E-state index >= 15 is 0 Å². The first kappa shape index (κ1) is 34.2. The molecule has 0 spiro atoms. The monoisotopic (exact) mass is 673 g/mol. The van der Waals surface area contributed by atoms with E-state index in [2.05, 4.69) is 10.5 Å². The van der Waals surface area contributed by atoms with Crippen molar-refractivity contribution in [2.45, 2.75) is 82.7 Å². The van der Waals surface area contributed by atoms with Crippen LogP contribution in [0.25, 0.3) is 0 Å². The van der Waals surface area contributed by atoms with E-state index in [0.717, 1.165) is 12.0 Å². The van der Waals surface area contributed by atoms with E-state index in [1.807, 2.05) is 19.1 Å². The van der Waals surface area contributed by atoms with Crippen LogP contribution in [0, 0.1) is 0 Å². The number of aryl methyl sites for hydroxylation is 1. The van der Waals surface area contributed by atoms with Crippen molar-refractivity contribution in [3.05, 3.63) is 87.0 Å². The van der Waals surface area contributed by atoms with Gasteiger partial charge in [-0.25, -0.2) is 5.43 Å². The number of hydrogen-bond donors (Lipinski definition) is 6. The summed E-state index contributed by atoms with van der Waals surface area (Å²) in [7, 11) is 1.35. The number of aromatic hydroxyl groups is 2. The second-order valence-corrected chi connectivity index (χ2v) is 12.8. The van der Waals surface area contributed by atoms with Gasteiger partial charge in [0.15, 0.2) is 12.1 Å². The first-order valence-corrected chi connectivity index (χ1v) is 16.1. The average molecular weight is 674 g/mol. The minimum Gasteiger partial charge on any atom is -0.507 e. The highest BCUT2D eigenvalue weighted by molar-refractivity contribution is 6.31. The summed E-state index contributed by atoms with van der Waals surface area (Å²) in [5.74, 6) is -3.07. The molecule has 4 unspecified atom stereocenters. The van der Waals surface area contributed by atoms with Gasteiger partial charge < -0.3 is 40.4 Å². The highest BCUT2D eigenvalue weighted by atomic mass is 16.7. The van der Waals surface area contributed by atoms with Gasteiger partial charge in [0.1, 0.15) is 22.8 Å². The van der Waals surface area contributed by atoms with E-state index < -0.39 is 76.3 Å². The van der Waals surface area contributed by atoms with E-state index in [-0.39, 0.29) is 53.0 Å². The molecule has 7 N–H and O–H groups in total. The molecule has 1 fully saturated rings. The van der Waals surface area contributed by atoms with Crippen LogP contribution in [0.2, 0.25) is 0 Å². The van der Waals surface area contributed by atoms with Crippen molar-refractivity contribution < 1.29 is 49.0 Å². The van der Waals surface area contributed by atoms with E-state index in [1.165, 1.54) is 32.2 Å². The van der Waals surface area contributed by atoms with Crippen LogP contribution in [-0.2, 0) is 22.3 Å². The zero-order valence-electron chi connectivity index (χ0n) is 27.5. The van der Waals surface area contributed by atoms with E-state index in [4.69, 9.17) is 19.9 Å². The average Bonchev–Trinajstić information content (AvgIpc) is 3.09. The summed E-state index contributed by atoms with van der Waals surface area (Å²) in [6, 6.07) is 10.7. The number of rotatable bonds is 7. The molecule has 13 nitrogen and oxygen atoms in total. The Labute approximate surface area is 282 Å². The molecular weight excluding hydrogens is 634 g/mol. The molecule has 0 radical (unpaired) electrons. The molecule has 3 aromatic rings. The van der Waals surface area contributed by atoms with Gasteiger partial charge in [0.2, 0.25) is 5.78 Å². The summed E-state index contributed by atoms with van der Waals surface area (Å²) >= 11 is 0. The van der Waals surface area contributed by atoms with E-state index in [1.54, 1.807) is 19.1 Å². The predicted octanol–water partition coefficient (Wildman–Crippen LogP) is 2.81. The fourth-order valence-electron chi connectivity index (χ4n) is 6.86. The molecule has 6 atom stereocenters. The quantitative estimate of drug-likeness (QED) is 0.0954. The van der Waals surface area contributed by atoms with Crippen LogP contribution < -0.4 is 15.9 Å². The lowest BCUT2D eigenvalue weighted by Crippen LogP contribution is -2.52. The van der Waals surface area contributed by atoms with Crippen LogP contribution in [0.3, 0.4) is 0 Å². The van der Waals surface area contributed by atoms with Gasteiger partial charge in [-0.2, -0.15) is 5.10 Å². The lowest BCUT2D eigenvalue weighted by molar-refractivity contribution is -0.245. The van der Waals surface area contributed by atoms with Crippen molar-refractivity contribution in [3.63, 3.8) is 0 Å². The summed E-state index contributed by atoms with van der Waals surface area (Å²) < 4.78 is 17.5. The standard InChI is InChI=1S/C36H39N3O10/c1-5-18-9-11-19(12-10-18)35(45)39-38-17(3)36(46)14-21-27(24(15-36)49-25-13-22(37)30(40)16(2)48-25)34(44)29-28(32(21)42)31(41)20-7-6-8-23(47-4)26(20)33(29)43/h6-12,16,22,24-25,30,40,42,44,46H,5,13-15,37H2,1-4H3,(H,39,45)/b38-17+/t16?,22?,24-,25?,30?,36-/m0/s1. The summed E-state index contributed by atoms with van der Waals surface area (Å²) in [5, 5.41) is 50.2. The van der Waals surface area contributed by atoms with Crippen molar-refractivity contribution >= 4 is 23.2 Å². The fraction of sp³-hybridized carbons (Fsp3) is 0.389. The van der Waals surface area contributed by atoms with Crippen LogP contribution in [0.5, 0.6) is 17.2 Å². The number of nitrogens with zero attached hydrogens (tertiary/aromatic N) is 1. The Balaban J connectivity index is 1.43. The molecule has 1 aliphatic heterocycles. The van der Waals surface area contributed by atoms with Gasteiger partial charge in [-0.1, -0.05) is 31.2 Å². The Kier molecular flexibility index (Phi) is 9.07. The number of nitrogens with one attached hydrogen (secondary N) is 1. The summed E-state index contributed by atoms with van der Waals surface area (Å²) in [5.41, 5.74) is 7.17. The Morgan fingerprint density at radius 3 is 2.43 bits per heavy atom. The highest BCUT2D eigenvalue weighted by Crippen LogP contribution is 2.52. The number of nitrogens with two attached hydrogens (primary N) is 1. The number of methoxy groups -OCH3 is 1. The van der Waals surface area contributed by atoms with E-state index in [9.17, 15) is 34.8 Å².